The van der Waals surface area contributed by atoms with Crippen LogP contribution in [0.4, 0.5) is 0 Å². The molecule has 0 bridgehead atoms. The lowest BCUT2D eigenvalue weighted by Gasteiger charge is -2.14. The highest BCUT2D eigenvalue weighted by Gasteiger charge is 2.14. The number of benzene rings is 1. The molecular formula is C12H15NO2. The van der Waals surface area contributed by atoms with Crippen LogP contribution in [0, 0.1) is 0 Å². The molecule has 0 aliphatic rings. The third-order valence-electron chi connectivity index (χ3n) is 2.58. The fourth-order valence-corrected chi connectivity index (χ4v) is 1.46. The number of amides is 1. The van der Waals surface area contributed by atoms with Crippen LogP contribution in [-0.2, 0) is 0 Å². The average molecular weight is 205 g/mol. The molecule has 3 nitrogen and oxygen atoms in total. The van der Waals surface area contributed by atoms with E-state index in [9.17, 15) is 4.79 Å². The number of primary amides is 1. The highest BCUT2D eigenvalue weighted by atomic mass is 16.2. The third-order valence-corrected chi connectivity index (χ3v) is 2.58. The number of rotatable bonds is 3. The summed E-state index contributed by atoms with van der Waals surface area (Å²) in [6.45, 7) is 3.73. The van der Waals surface area contributed by atoms with Crippen LogP contribution in [0.3, 0.4) is 0 Å². The molecule has 1 amide bonds. The Morgan fingerprint density at radius 1 is 1.47 bits per heavy atom. The minimum Gasteiger partial charge on any atom is -0.516 e. The molecule has 0 heterocycles. The summed E-state index contributed by atoms with van der Waals surface area (Å²) in [6.07, 6.45) is 1.06. The van der Waals surface area contributed by atoms with E-state index in [4.69, 9.17) is 10.8 Å². The van der Waals surface area contributed by atoms with Crippen LogP contribution in [0.5, 0.6) is 0 Å². The van der Waals surface area contributed by atoms with Crippen LogP contribution < -0.4 is 5.73 Å². The first-order valence-corrected chi connectivity index (χ1v) is 4.77. The Kier molecular flexibility index (Phi) is 3.50. The SMILES string of the molecule is CC(=CO)C(C)c1ccccc1C(N)=O. The van der Waals surface area contributed by atoms with Crippen LogP contribution in [0.25, 0.3) is 0 Å². The van der Waals surface area contributed by atoms with Gasteiger partial charge in [-0.15, -0.1) is 0 Å². The van der Waals surface area contributed by atoms with Crippen LogP contribution in [-0.4, -0.2) is 11.0 Å². The van der Waals surface area contributed by atoms with Gasteiger partial charge in [0.1, 0.15) is 0 Å². The van der Waals surface area contributed by atoms with Crippen LogP contribution in [0.15, 0.2) is 36.1 Å². The molecule has 15 heavy (non-hydrogen) atoms. The molecule has 3 heteroatoms. The first kappa shape index (κ1) is 11.3. The summed E-state index contributed by atoms with van der Waals surface area (Å²) in [4.78, 5) is 11.2. The van der Waals surface area contributed by atoms with Gasteiger partial charge in [0.25, 0.3) is 0 Å². The smallest absolute Gasteiger partial charge is 0.248 e. The molecule has 0 aromatic heterocycles. The Labute approximate surface area is 89.2 Å². The molecule has 0 spiro atoms. The van der Waals surface area contributed by atoms with Crippen molar-refractivity contribution in [2.24, 2.45) is 5.73 Å². The van der Waals surface area contributed by atoms with E-state index in [0.29, 0.717) is 5.56 Å². The zero-order chi connectivity index (χ0) is 11.4. The Bertz CT molecular complexity index is 396. The van der Waals surface area contributed by atoms with Crippen molar-refractivity contribution in [2.75, 3.05) is 0 Å². The highest BCUT2D eigenvalue weighted by molar-refractivity contribution is 5.94. The van der Waals surface area contributed by atoms with Crippen molar-refractivity contribution in [1.82, 2.24) is 0 Å². The summed E-state index contributed by atoms with van der Waals surface area (Å²) in [5.41, 5.74) is 7.41. The van der Waals surface area contributed by atoms with Crippen molar-refractivity contribution in [3.8, 4) is 0 Å². The van der Waals surface area contributed by atoms with Crippen LogP contribution in [0.2, 0.25) is 0 Å². The van der Waals surface area contributed by atoms with Crippen molar-refractivity contribution in [2.45, 2.75) is 19.8 Å². The summed E-state index contributed by atoms with van der Waals surface area (Å²) in [7, 11) is 0. The number of carbonyl (C=O) groups excluding carboxylic acids is 1. The molecule has 1 aromatic carbocycles. The van der Waals surface area contributed by atoms with Gasteiger partial charge in [0.2, 0.25) is 5.91 Å². The maximum atomic E-state index is 11.2. The number of aliphatic hydroxyl groups excluding tert-OH is 1. The van der Waals surface area contributed by atoms with Gasteiger partial charge in [-0.1, -0.05) is 25.1 Å². The van der Waals surface area contributed by atoms with E-state index in [1.54, 1.807) is 12.1 Å². The molecule has 1 rings (SSSR count). The molecule has 0 aliphatic carbocycles. The summed E-state index contributed by atoms with van der Waals surface area (Å²) in [6, 6.07) is 7.16. The molecule has 0 fully saturated rings. The number of aliphatic hydroxyl groups is 1. The first-order chi connectivity index (χ1) is 7.07. The number of hydrogen-bond acceptors (Lipinski definition) is 2. The fraction of sp³-hybridized carbons (Fsp3) is 0.250. The summed E-state index contributed by atoms with van der Waals surface area (Å²) >= 11 is 0. The van der Waals surface area contributed by atoms with Gasteiger partial charge in [-0.2, -0.15) is 0 Å². The van der Waals surface area contributed by atoms with Crippen molar-refractivity contribution in [3.63, 3.8) is 0 Å². The predicted octanol–water partition coefficient (Wildman–Crippen LogP) is 2.35. The van der Waals surface area contributed by atoms with Crippen molar-refractivity contribution >= 4 is 5.91 Å². The minimum absolute atomic E-state index is 0.0151. The lowest BCUT2D eigenvalue weighted by Crippen LogP contribution is -2.15. The fourth-order valence-electron chi connectivity index (χ4n) is 1.46. The first-order valence-electron chi connectivity index (χ1n) is 4.77. The van der Waals surface area contributed by atoms with Gasteiger partial charge in [0.15, 0.2) is 0 Å². The molecule has 0 saturated carbocycles. The molecule has 3 N–H and O–H groups in total. The second-order valence-electron chi connectivity index (χ2n) is 3.55. The van der Waals surface area contributed by atoms with Gasteiger partial charge in [-0.25, -0.2) is 0 Å². The van der Waals surface area contributed by atoms with Gasteiger partial charge >= 0.3 is 0 Å². The zero-order valence-electron chi connectivity index (χ0n) is 8.90. The predicted molar refractivity (Wildman–Crippen MR) is 59.8 cm³/mol. The number of allylic oxidation sites excluding steroid dienone is 1. The van der Waals surface area contributed by atoms with Gasteiger partial charge in [-0.05, 0) is 24.1 Å². The molecule has 1 unspecified atom stereocenters. The largest absolute Gasteiger partial charge is 0.516 e. The number of nitrogens with two attached hydrogens (primary N) is 1. The van der Waals surface area contributed by atoms with Crippen molar-refractivity contribution < 1.29 is 9.90 Å². The van der Waals surface area contributed by atoms with Crippen LogP contribution >= 0.6 is 0 Å². The second kappa shape index (κ2) is 4.64. The van der Waals surface area contributed by atoms with Gasteiger partial charge in [0, 0.05) is 11.5 Å². The topological polar surface area (TPSA) is 63.3 Å². The van der Waals surface area contributed by atoms with E-state index in [0.717, 1.165) is 17.4 Å². The summed E-state index contributed by atoms with van der Waals surface area (Å²) in [5, 5.41) is 8.92. The normalized spacial score (nSPS) is 13.6. The Morgan fingerprint density at radius 2 is 2.07 bits per heavy atom. The minimum atomic E-state index is -0.441. The number of carbonyl (C=O) groups is 1. The Balaban J connectivity index is 3.19. The van der Waals surface area contributed by atoms with Crippen molar-refractivity contribution in [3.05, 3.63) is 47.2 Å². The molecule has 0 saturated heterocycles. The standard InChI is InChI=1S/C12H15NO2/c1-8(7-14)9(2)10-5-3-4-6-11(10)12(13)15/h3-7,9,14H,1-2H3,(H2,13,15). The summed E-state index contributed by atoms with van der Waals surface area (Å²) < 4.78 is 0. The van der Waals surface area contributed by atoms with E-state index in [1.165, 1.54) is 0 Å². The Morgan fingerprint density at radius 3 is 2.60 bits per heavy atom. The lowest BCUT2D eigenvalue weighted by atomic mass is 9.90. The zero-order valence-corrected chi connectivity index (χ0v) is 8.90. The van der Waals surface area contributed by atoms with E-state index in [2.05, 4.69) is 0 Å². The van der Waals surface area contributed by atoms with E-state index in [1.807, 2.05) is 26.0 Å². The van der Waals surface area contributed by atoms with E-state index < -0.39 is 5.91 Å². The molecule has 1 aromatic rings. The molecule has 0 aliphatic heterocycles. The molecule has 80 valence electrons. The molecule has 1 atom stereocenters. The quantitative estimate of drug-likeness (QED) is 0.744. The van der Waals surface area contributed by atoms with Gasteiger partial charge < -0.3 is 10.8 Å². The van der Waals surface area contributed by atoms with E-state index >= 15 is 0 Å². The van der Waals surface area contributed by atoms with Gasteiger partial charge in [0.05, 0.1) is 6.26 Å². The number of hydrogen-bond donors (Lipinski definition) is 2. The van der Waals surface area contributed by atoms with Crippen LogP contribution in [0.1, 0.15) is 35.7 Å². The molecular weight excluding hydrogens is 190 g/mol. The van der Waals surface area contributed by atoms with Crippen molar-refractivity contribution in [1.29, 1.82) is 0 Å². The summed E-state index contributed by atoms with van der Waals surface area (Å²) in [5.74, 6) is -0.457. The Hall–Kier alpha value is -1.77. The van der Waals surface area contributed by atoms with E-state index in [-0.39, 0.29) is 5.92 Å². The maximum Gasteiger partial charge on any atom is 0.248 e. The van der Waals surface area contributed by atoms with Gasteiger partial charge in [-0.3, -0.25) is 4.79 Å². The maximum absolute atomic E-state index is 11.2. The second-order valence-corrected chi connectivity index (χ2v) is 3.55. The average Bonchev–Trinajstić information content (AvgIpc) is 2.27. The lowest BCUT2D eigenvalue weighted by molar-refractivity contribution is 0.0999. The monoisotopic (exact) mass is 205 g/mol. The highest BCUT2D eigenvalue weighted by Crippen LogP contribution is 2.25. The third kappa shape index (κ3) is 2.37. The molecule has 0 radical (unpaired) electrons.